The third-order valence-electron chi connectivity index (χ3n) is 3.68. The molecular weight excluding hydrogens is 464 g/mol. The number of phenolic OH excluding ortho intramolecular Hbond substituents is 1. The van der Waals surface area contributed by atoms with E-state index in [0.717, 1.165) is 11.3 Å². The van der Waals surface area contributed by atoms with Crippen molar-refractivity contribution >= 4 is 40.8 Å². The van der Waals surface area contributed by atoms with E-state index in [1.54, 1.807) is 39.8 Å². The van der Waals surface area contributed by atoms with Crippen LogP contribution in [0, 0.1) is 0 Å². The Bertz CT molecular complexity index is 972. The number of anilines is 1. The van der Waals surface area contributed by atoms with Gasteiger partial charge in [-0.15, -0.1) is 0 Å². The third-order valence-corrected chi connectivity index (χ3v) is 4.59. The van der Waals surface area contributed by atoms with Gasteiger partial charge in [0.2, 0.25) is 5.91 Å². The molecule has 0 spiro atoms. The number of nitrogens with zero attached hydrogens (tertiary/aromatic N) is 1. The monoisotopic (exact) mass is 494 g/mol. The van der Waals surface area contributed by atoms with Gasteiger partial charge in [0.1, 0.15) is 16.2 Å². The number of aromatic nitrogens is 1. The molecular formula is C22H30N4O7S. The molecule has 12 heteroatoms. The largest absolute Gasteiger partial charge is 0.508 e. The number of carbonyl (C=O) groups excluding carboxylic acids is 4. The van der Waals surface area contributed by atoms with E-state index in [1.807, 2.05) is 0 Å². The average molecular weight is 495 g/mol. The molecule has 4 N–H and O–H groups in total. The highest BCUT2D eigenvalue weighted by Gasteiger charge is 2.18. The fourth-order valence-electron chi connectivity index (χ4n) is 2.35. The van der Waals surface area contributed by atoms with E-state index in [2.05, 4.69) is 25.7 Å². The number of benzene rings is 1. The molecule has 186 valence electrons. The molecule has 1 aromatic carbocycles. The van der Waals surface area contributed by atoms with Gasteiger partial charge in [0.05, 0.1) is 19.7 Å². The molecule has 1 aromatic heterocycles. The van der Waals surface area contributed by atoms with Crippen LogP contribution < -0.4 is 16.0 Å². The van der Waals surface area contributed by atoms with E-state index in [1.165, 1.54) is 25.4 Å². The molecule has 0 saturated carbocycles. The van der Waals surface area contributed by atoms with Crippen molar-refractivity contribution in [2.45, 2.75) is 45.8 Å². The van der Waals surface area contributed by atoms with E-state index in [-0.39, 0.29) is 36.6 Å². The van der Waals surface area contributed by atoms with Crippen LogP contribution in [-0.4, -0.2) is 59.8 Å². The predicted octanol–water partition coefficient (Wildman–Crippen LogP) is 2.46. The average Bonchev–Trinajstić information content (AvgIpc) is 3.19. The third kappa shape index (κ3) is 11.8. The van der Waals surface area contributed by atoms with Crippen LogP contribution in [0.3, 0.4) is 0 Å². The first-order valence-corrected chi connectivity index (χ1v) is 11.0. The van der Waals surface area contributed by atoms with Crippen molar-refractivity contribution in [3.8, 4) is 5.75 Å². The van der Waals surface area contributed by atoms with Crippen molar-refractivity contribution < 1.29 is 33.8 Å². The second-order valence-corrected chi connectivity index (χ2v) is 9.04. The Kier molecular flexibility index (Phi) is 11.5. The van der Waals surface area contributed by atoms with Gasteiger partial charge in [-0.1, -0.05) is 23.5 Å². The molecule has 0 aliphatic heterocycles. The van der Waals surface area contributed by atoms with Crippen molar-refractivity contribution in [1.82, 2.24) is 15.6 Å². The lowest BCUT2D eigenvalue weighted by atomic mass is 10.1. The van der Waals surface area contributed by atoms with Gasteiger partial charge in [0.15, 0.2) is 5.13 Å². The lowest BCUT2D eigenvalue weighted by molar-refractivity contribution is -0.126. The molecule has 34 heavy (non-hydrogen) atoms. The first-order valence-electron chi connectivity index (χ1n) is 10.2. The Morgan fingerprint density at radius 2 is 1.94 bits per heavy atom. The first kappa shape index (κ1) is 28.4. The fourth-order valence-corrected chi connectivity index (χ4v) is 3.08. The second kappa shape index (κ2) is 13.8. The maximum Gasteiger partial charge on any atom is 0.407 e. The molecule has 0 radical (unpaired) electrons. The standard InChI is InChI=1S/C20H26N4O5S.C2H4O2/c1-12(10-22-19(28)29-20(2,3)4)23-17(27)15-11-21-18(30-15)24-16(26)9-13-6-5-7-14(25)8-13;1-4-2-3/h5-8,11-12,25H,9-10H2,1-4H3,(H,22,28)(H,23,27)(H,21,24,26);2H,1H3. The SMILES string of the molecule is CC(CNC(=O)OC(C)(C)C)NC(=O)c1cnc(NC(=O)Cc2cccc(O)c2)s1.COC=O. The molecule has 3 amide bonds. The van der Waals surface area contributed by atoms with Gasteiger partial charge in [-0.2, -0.15) is 0 Å². The summed E-state index contributed by atoms with van der Waals surface area (Å²) in [7, 11) is 1.31. The highest BCUT2D eigenvalue weighted by atomic mass is 32.1. The van der Waals surface area contributed by atoms with E-state index in [4.69, 9.17) is 9.53 Å². The van der Waals surface area contributed by atoms with E-state index in [9.17, 15) is 19.5 Å². The number of phenols is 1. The van der Waals surface area contributed by atoms with Crippen molar-refractivity contribution in [2.24, 2.45) is 0 Å². The number of thiazole rings is 1. The summed E-state index contributed by atoms with van der Waals surface area (Å²) in [5.74, 6) is -0.583. The highest BCUT2D eigenvalue weighted by Crippen LogP contribution is 2.19. The zero-order valence-electron chi connectivity index (χ0n) is 19.7. The smallest absolute Gasteiger partial charge is 0.407 e. The Labute approximate surface area is 201 Å². The summed E-state index contributed by atoms with van der Waals surface area (Å²) in [4.78, 5) is 49.4. The van der Waals surface area contributed by atoms with Crippen molar-refractivity contribution in [2.75, 3.05) is 19.0 Å². The number of nitrogens with one attached hydrogen (secondary N) is 3. The summed E-state index contributed by atoms with van der Waals surface area (Å²) in [5.41, 5.74) is 0.0642. The first-order chi connectivity index (χ1) is 15.9. The topological polar surface area (TPSA) is 156 Å². The minimum atomic E-state index is -0.596. The number of alkyl carbamates (subject to hydrolysis) is 1. The van der Waals surface area contributed by atoms with E-state index >= 15 is 0 Å². The van der Waals surface area contributed by atoms with Crippen molar-refractivity contribution in [1.29, 1.82) is 0 Å². The van der Waals surface area contributed by atoms with Crippen LogP contribution in [-0.2, 0) is 25.5 Å². The summed E-state index contributed by atoms with van der Waals surface area (Å²) in [6.45, 7) is 7.62. The van der Waals surface area contributed by atoms with Crippen LogP contribution in [0.25, 0.3) is 0 Å². The van der Waals surface area contributed by atoms with E-state index in [0.29, 0.717) is 22.0 Å². The summed E-state index contributed by atoms with van der Waals surface area (Å²) in [5, 5.41) is 17.7. The number of hydrogen-bond acceptors (Lipinski definition) is 9. The van der Waals surface area contributed by atoms with Crippen LogP contribution in [0.15, 0.2) is 30.5 Å². The second-order valence-electron chi connectivity index (χ2n) is 8.01. The van der Waals surface area contributed by atoms with Crippen LogP contribution in [0.2, 0.25) is 0 Å². The molecule has 1 atom stereocenters. The summed E-state index contributed by atoms with van der Waals surface area (Å²) >= 11 is 1.04. The van der Waals surface area contributed by atoms with Crippen molar-refractivity contribution in [3.05, 3.63) is 40.9 Å². The van der Waals surface area contributed by atoms with Crippen LogP contribution in [0.5, 0.6) is 5.75 Å². The van der Waals surface area contributed by atoms with Crippen LogP contribution >= 0.6 is 11.3 Å². The van der Waals surface area contributed by atoms with E-state index < -0.39 is 11.7 Å². The molecule has 0 aliphatic rings. The Balaban J connectivity index is 0.00000133. The molecule has 2 aromatic rings. The summed E-state index contributed by atoms with van der Waals surface area (Å²) in [6.07, 6.45) is 0.888. The lowest BCUT2D eigenvalue weighted by Gasteiger charge is -2.21. The number of amides is 3. The summed E-state index contributed by atoms with van der Waals surface area (Å²) < 4.78 is 9.00. The highest BCUT2D eigenvalue weighted by molar-refractivity contribution is 7.17. The lowest BCUT2D eigenvalue weighted by Crippen LogP contribution is -2.43. The predicted molar refractivity (Wildman–Crippen MR) is 127 cm³/mol. The molecule has 0 bridgehead atoms. The maximum atomic E-state index is 12.3. The van der Waals surface area contributed by atoms with Crippen LogP contribution in [0.4, 0.5) is 9.93 Å². The number of carbonyl (C=O) groups is 4. The molecule has 0 aliphatic carbocycles. The number of ether oxygens (including phenoxy) is 2. The number of methoxy groups -OCH3 is 1. The van der Waals surface area contributed by atoms with Gasteiger partial charge in [-0.05, 0) is 45.4 Å². The maximum absolute atomic E-state index is 12.3. The number of rotatable bonds is 8. The van der Waals surface area contributed by atoms with Gasteiger partial charge in [0.25, 0.3) is 12.4 Å². The number of aromatic hydroxyl groups is 1. The quantitative estimate of drug-likeness (QED) is 0.408. The molecule has 1 unspecified atom stereocenters. The Morgan fingerprint density at radius 1 is 1.26 bits per heavy atom. The minimum Gasteiger partial charge on any atom is -0.508 e. The molecule has 0 fully saturated rings. The van der Waals surface area contributed by atoms with Gasteiger partial charge in [0, 0.05) is 12.6 Å². The Hall–Kier alpha value is -3.67. The van der Waals surface area contributed by atoms with Gasteiger partial charge in [-0.3, -0.25) is 14.4 Å². The van der Waals surface area contributed by atoms with Crippen LogP contribution in [0.1, 0.15) is 42.9 Å². The summed E-state index contributed by atoms with van der Waals surface area (Å²) in [6, 6.07) is 6.08. The van der Waals surface area contributed by atoms with Crippen molar-refractivity contribution in [3.63, 3.8) is 0 Å². The normalized spacial score (nSPS) is 11.2. The minimum absolute atomic E-state index is 0.0723. The molecule has 0 saturated heterocycles. The van der Waals surface area contributed by atoms with Gasteiger partial charge in [-0.25, -0.2) is 9.78 Å². The zero-order valence-corrected chi connectivity index (χ0v) is 20.5. The molecule has 11 nitrogen and oxygen atoms in total. The Morgan fingerprint density at radius 3 is 2.53 bits per heavy atom. The fraction of sp³-hybridized carbons (Fsp3) is 0.409. The van der Waals surface area contributed by atoms with Gasteiger partial charge >= 0.3 is 6.09 Å². The number of hydrogen-bond donors (Lipinski definition) is 4. The molecule has 2 rings (SSSR count). The zero-order chi connectivity index (χ0) is 25.7. The van der Waals surface area contributed by atoms with Gasteiger partial charge < -0.3 is 30.5 Å². The molecule has 1 heterocycles.